The molecular formula is C26H29N3O. The first-order valence-electron chi connectivity index (χ1n) is 10.5. The summed E-state index contributed by atoms with van der Waals surface area (Å²) < 4.78 is 0. The fourth-order valence-electron chi connectivity index (χ4n) is 3.30. The van der Waals surface area contributed by atoms with E-state index >= 15 is 0 Å². The molecule has 4 nitrogen and oxygen atoms in total. The molecule has 0 radical (unpaired) electrons. The van der Waals surface area contributed by atoms with Crippen LogP contribution in [0.5, 0.6) is 0 Å². The zero-order valence-electron chi connectivity index (χ0n) is 17.5. The van der Waals surface area contributed by atoms with E-state index in [2.05, 4.69) is 34.6 Å². The van der Waals surface area contributed by atoms with Crippen LogP contribution in [-0.2, 0) is 12.8 Å². The van der Waals surface area contributed by atoms with Crippen molar-refractivity contribution in [2.75, 3.05) is 6.54 Å². The standard InChI is InChI=1S/C26H29N3O/c1-20-6-15-25(29-19-20)23-11-13-24(14-12-23)26(30)28-18-16-22-9-7-21(8-10-22)5-3-2-4-17-27/h6-15,17,19,27H,2-5,16,18H2,1H3,(H,28,30). The Morgan fingerprint density at radius 3 is 2.27 bits per heavy atom. The third-order valence-corrected chi connectivity index (χ3v) is 5.14. The SMILES string of the molecule is Cc1ccc(-c2ccc(C(=O)NCCc3ccc(CCCCC=N)cc3)cc2)nc1. The average molecular weight is 400 g/mol. The summed E-state index contributed by atoms with van der Waals surface area (Å²) in [5.41, 5.74) is 6.25. The third-order valence-electron chi connectivity index (χ3n) is 5.14. The van der Waals surface area contributed by atoms with Crippen LogP contribution in [0.2, 0.25) is 0 Å². The largest absolute Gasteiger partial charge is 0.352 e. The zero-order chi connectivity index (χ0) is 21.2. The Hall–Kier alpha value is -3.27. The summed E-state index contributed by atoms with van der Waals surface area (Å²) in [7, 11) is 0. The van der Waals surface area contributed by atoms with Gasteiger partial charge in [-0.2, -0.15) is 0 Å². The van der Waals surface area contributed by atoms with Crippen LogP contribution in [-0.4, -0.2) is 23.7 Å². The van der Waals surface area contributed by atoms with Crippen molar-refractivity contribution in [2.45, 2.75) is 39.0 Å². The molecule has 2 N–H and O–H groups in total. The molecule has 30 heavy (non-hydrogen) atoms. The second-order valence-corrected chi connectivity index (χ2v) is 7.57. The zero-order valence-corrected chi connectivity index (χ0v) is 17.5. The molecule has 1 aromatic heterocycles. The predicted octanol–water partition coefficient (Wildman–Crippen LogP) is 5.39. The lowest BCUT2D eigenvalue weighted by atomic mass is 10.0. The van der Waals surface area contributed by atoms with Gasteiger partial charge in [0.25, 0.3) is 5.91 Å². The molecule has 0 saturated heterocycles. The van der Waals surface area contributed by atoms with Gasteiger partial charge in [-0.25, -0.2) is 0 Å². The van der Waals surface area contributed by atoms with Crippen LogP contribution in [0.4, 0.5) is 0 Å². The number of carbonyl (C=O) groups is 1. The third kappa shape index (κ3) is 6.38. The summed E-state index contributed by atoms with van der Waals surface area (Å²) in [5, 5.41) is 10.1. The van der Waals surface area contributed by atoms with E-state index in [1.54, 1.807) is 0 Å². The van der Waals surface area contributed by atoms with E-state index < -0.39 is 0 Å². The van der Waals surface area contributed by atoms with Gasteiger partial charge in [0.05, 0.1) is 5.69 Å². The summed E-state index contributed by atoms with van der Waals surface area (Å²) in [4.78, 5) is 16.8. The maximum atomic E-state index is 12.4. The van der Waals surface area contributed by atoms with Gasteiger partial charge in [0.2, 0.25) is 0 Å². The minimum atomic E-state index is -0.0544. The Labute approximate surface area is 178 Å². The number of carbonyl (C=O) groups excluding carboxylic acids is 1. The minimum absolute atomic E-state index is 0.0544. The molecule has 3 aromatic rings. The molecule has 0 fully saturated rings. The van der Waals surface area contributed by atoms with Gasteiger partial charge in [0, 0.05) is 23.9 Å². The normalized spacial score (nSPS) is 10.6. The maximum Gasteiger partial charge on any atom is 0.251 e. The number of amides is 1. The van der Waals surface area contributed by atoms with E-state index in [-0.39, 0.29) is 5.91 Å². The maximum absolute atomic E-state index is 12.4. The van der Waals surface area contributed by atoms with E-state index in [9.17, 15) is 4.79 Å². The molecule has 3 rings (SSSR count). The Bertz CT molecular complexity index is 945. The lowest BCUT2D eigenvalue weighted by Gasteiger charge is -2.08. The van der Waals surface area contributed by atoms with Gasteiger partial charge in [-0.3, -0.25) is 9.78 Å². The van der Waals surface area contributed by atoms with Gasteiger partial charge < -0.3 is 10.7 Å². The van der Waals surface area contributed by atoms with Crippen LogP contribution in [0, 0.1) is 12.3 Å². The number of aromatic nitrogens is 1. The number of nitrogens with one attached hydrogen (secondary N) is 2. The highest BCUT2D eigenvalue weighted by molar-refractivity contribution is 5.94. The van der Waals surface area contributed by atoms with Crippen molar-refractivity contribution in [3.8, 4) is 11.3 Å². The fraction of sp³-hybridized carbons (Fsp3) is 0.269. The van der Waals surface area contributed by atoms with E-state index in [0.717, 1.165) is 48.9 Å². The second-order valence-electron chi connectivity index (χ2n) is 7.57. The van der Waals surface area contributed by atoms with Crippen LogP contribution in [0.1, 0.15) is 46.3 Å². The molecule has 0 aliphatic heterocycles. The molecule has 154 valence electrons. The van der Waals surface area contributed by atoms with Gasteiger partial charge >= 0.3 is 0 Å². The molecule has 2 aromatic carbocycles. The van der Waals surface area contributed by atoms with Crippen LogP contribution < -0.4 is 5.32 Å². The van der Waals surface area contributed by atoms with E-state index in [0.29, 0.717) is 12.1 Å². The van der Waals surface area contributed by atoms with E-state index in [1.807, 2.05) is 49.5 Å². The number of benzene rings is 2. The van der Waals surface area contributed by atoms with Gasteiger partial charge in [-0.1, -0.05) is 42.5 Å². The Morgan fingerprint density at radius 1 is 0.933 bits per heavy atom. The van der Waals surface area contributed by atoms with Crippen molar-refractivity contribution in [1.82, 2.24) is 10.3 Å². The fourth-order valence-corrected chi connectivity index (χ4v) is 3.30. The lowest BCUT2D eigenvalue weighted by Crippen LogP contribution is -2.25. The number of rotatable bonds is 10. The highest BCUT2D eigenvalue weighted by atomic mass is 16.1. The summed E-state index contributed by atoms with van der Waals surface area (Å²) in [5.74, 6) is -0.0544. The highest BCUT2D eigenvalue weighted by Crippen LogP contribution is 2.17. The predicted molar refractivity (Wildman–Crippen MR) is 123 cm³/mol. The molecule has 0 aliphatic rings. The first-order valence-corrected chi connectivity index (χ1v) is 10.5. The summed E-state index contributed by atoms with van der Waals surface area (Å²) in [6, 6.07) is 20.2. The van der Waals surface area contributed by atoms with Crippen molar-refractivity contribution >= 4 is 12.1 Å². The molecule has 4 heteroatoms. The van der Waals surface area contributed by atoms with Crippen LogP contribution >= 0.6 is 0 Å². The quantitative estimate of drug-likeness (QED) is 0.354. The number of aryl methyl sites for hydroxylation is 2. The first-order chi connectivity index (χ1) is 14.7. The Morgan fingerprint density at radius 2 is 1.63 bits per heavy atom. The number of pyridine rings is 1. The van der Waals surface area contributed by atoms with Crippen LogP contribution in [0.25, 0.3) is 11.3 Å². The van der Waals surface area contributed by atoms with Crippen molar-refractivity contribution in [1.29, 1.82) is 5.41 Å². The van der Waals surface area contributed by atoms with E-state index in [1.165, 1.54) is 17.3 Å². The van der Waals surface area contributed by atoms with Crippen LogP contribution in [0.3, 0.4) is 0 Å². The molecule has 0 spiro atoms. The van der Waals surface area contributed by atoms with Crippen molar-refractivity contribution < 1.29 is 4.79 Å². The Kier molecular flexibility index (Phi) is 7.90. The second kappa shape index (κ2) is 11.1. The van der Waals surface area contributed by atoms with Crippen LogP contribution in [0.15, 0.2) is 66.9 Å². The minimum Gasteiger partial charge on any atom is -0.352 e. The van der Waals surface area contributed by atoms with Gasteiger partial charge in [-0.05, 0) is 80.1 Å². The number of hydrogen-bond donors (Lipinski definition) is 2. The topological polar surface area (TPSA) is 65.8 Å². The number of hydrogen-bond acceptors (Lipinski definition) is 3. The molecule has 0 bridgehead atoms. The number of unbranched alkanes of at least 4 members (excludes halogenated alkanes) is 2. The highest BCUT2D eigenvalue weighted by Gasteiger charge is 2.06. The van der Waals surface area contributed by atoms with Gasteiger partial charge in [0.1, 0.15) is 0 Å². The molecule has 1 heterocycles. The average Bonchev–Trinajstić information content (AvgIpc) is 2.78. The number of nitrogens with zero attached hydrogens (tertiary/aromatic N) is 1. The molecule has 0 saturated carbocycles. The molecule has 0 atom stereocenters. The lowest BCUT2D eigenvalue weighted by molar-refractivity contribution is 0.0954. The monoisotopic (exact) mass is 399 g/mol. The van der Waals surface area contributed by atoms with Crippen molar-refractivity contribution in [2.24, 2.45) is 0 Å². The smallest absolute Gasteiger partial charge is 0.251 e. The van der Waals surface area contributed by atoms with Crippen molar-refractivity contribution in [3.05, 3.63) is 89.1 Å². The molecule has 1 amide bonds. The molecule has 0 aliphatic carbocycles. The summed E-state index contributed by atoms with van der Waals surface area (Å²) in [6.45, 7) is 2.62. The molecular weight excluding hydrogens is 370 g/mol. The summed E-state index contributed by atoms with van der Waals surface area (Å²) >= 11 is 0. The van der Waals surface area contributed by atoms with E-state index in [4.69, 9.17) is 5.41 Å². The molecule has 0 unspecified atom stereocenters. The summed E-state index contributed by atoms with van der Waals surface area (Å²) in [6.07, 6.45) is 8.24. The first kappa shape index (κ1) is 21.4. The Balaban J connectivity index is 1.45. The van der Waals surface area contributed by atoms with Gasteiger partial charge in [0.15, 0.2) is 0 Å². The van der Waals surface area contributed by atoms with Crippen molar-refractivity contribution in [3.63, 3.8) is 0 Å². The van der Waals surface area contributed by atoms with Gasteiger partial charge in [-0.15, -0.1) is 0 Å².